The van der Waals surface area contributed by atoms with Crippen LogP contribution in [0.5, 0.6) is 0 Å². The molecule has 5 nitrogen and oxygen atoms in total. The smallest absolute Gasteiger partial charge is 0.262 e. The first kappa shape index (κ1) is 15.3. The number of rotatable bonds is 3. The predicted octanol–water partition coefficient (Wildman–Crippen LogP) is 3.61. The molecule has 0 saturated heterocycles. The van der Waals surface area contributed by atoms with E-state index in [4.69, 9.17) is 4.98 Å². The number of aromatic nitrogens is 4. The molecular weight excluding hydrogens is 348 g/mol. The Bertz CT molecular complexity index is 954. The zero-order chi connectivity index (χ0) is 16.1. The third-order valence-corrected chi connectivity index (χ3v) is 7.02. The molecule has 1 aliphatic rings. The van der Waals surface area contributed by atoms with Crippen molar-refractivity contribution in [3.63, 3.8) is 0 Å². The summed E-state index contributed by atoms with van der Waals surface area (Å²) >= 11 is 4.47. The third-order valence-electron chi connectivity index (χ3n) is 4.02. The summed E-state index contributed by atoms with van der Waals surface area (Å²) < 4.78 is 6.84. The van der Waals surface area contributed by atoms with Crippen LogP contribution in [0.3, 0.4) is 0 Å². The highest BCUT2D eigenvalue weighted by Crippen LogP contribution is 2.36. The van der Waals surface area contributed by atoms with E-state index in [0.29, 0.717) is 11.1 Å². The summed E-state index contributed by atoms with van der Waals surface area (Å²) in [5, 5.41) is 1.52. The fraction of sp³-hybridized carbons (Fsp3) is 0.467. The first-order valence-corrected chi connectivity index (χ1v) is 9.98. The molecule has 0 unspecified atom stereocenters. The lowest BCUT2D eigenvalue weighted by atomic mass is 10.2. The van der Waals surface area contributed by atoms with Gasteiger partial charge in [0.05, 0.1) is 5.39 Å². The second-order valence-corrected chi connectivity index (χ2v) is 9.02. The first-order valence-electron chi connectivity index (χ1n) is 7.57. The molecule has 0 atom stereocenters. The Hall–Kier alpha value is -1.25. The van der Waals surface area contributed by atoms with Crippen LogP contribution >= 0.6 is 34.6 Å². The average Bonchev–Trinajstić information content (AvgIpc) is 3.19. The summed E-state index contributed by atoms with van der Waals surface area (Å²) in [6.45, 7) is 4.15. The molecule has 1 aliphatic carbocycles. The number of hydrogen-bond donors (Lipinski definition) is 0. The molecule has 0 aromatic carbocycles. The van der Waals surface area contributed by atoms with Crippen molar-refractivity contribution in [2.24, 2.45) is 7.05 Å². The van der Waals surface area contributed by atoms with Crippen molar-refractivity contribution in [2.45, 2.75) is 48.5 Å². The van der Waals surface area contributed by atoms with Crippen LogP contribution in [0.4, 0.5) is 0 Å². The second kappa shape index (κ2) is 5.68. The van der Waals surface area contributed by atoms with E-state index in [9.17, 15) is 4.79 Å². The molecule has 0 radical (unpaired) electrons. The van der Waals surface area contributed by atoms with Gasteiger partial charge in [0.1, 0.15) is 10.7 Å². The van der Waals surface area contributed by atoms with Gasteiger partial charge in [0.15, 0.2) is 9.50 Å². The molecule has 4 rings (SSSR count). The normalized spacial score (nSPS) is 14.1. The van der Waals surface area contributed by atoms with Gasteiger partial charge in [-0.3, -0.25) is 9.36 Å². The van der Waals surface area contributed by atoms with E-state index < -0.39 is 0 Å². The lowest BCUT2D eigenvalue weighted by molar-refractivity contribution is 0.726. The lowest BCUT2D eigenvalue weighted by Gasteiger charge is -2.05. The van der Waals surface area contributed by atoms with E-state index in [2.05, 4.69) is 23.2 Å². The van der Waals surface area contributed by atoms with E-state index in [1.807, 2.05) is 0 Å². The van der Waals surface area contributed by atoms with E-state index in [-0.39, 0.29) is 5.56 Å². The van der Waals surface area contributed by atoms with Crippen LogP contribution in [0.15, 0.2) is 14.3 Å². The van der Waals surface area contributed by atoms with Gasteiger partial charge in [0.2, 0.25) is 0 Å². The van der Waals surface area contributed by atoms with E-state index in [1.165, 1.54) is 33.7 Å². The average molecular weight is 365 g/mol. The highest BCUT2D eigenvalue weighted by atomic mass is 32.2. The van der Waals surface area contributed by atoms with Crippen LogP contribution in [0.2, 0.25) is 0 Å². The predicted molar refractivity (Wildman–Crippen MR) is 95.0 cm³/mol. The van der Waals surface area contributed by atoms with Gasteiger partial charge in [-0.2, -0.15) is 4.37 Å². The van der Waals surface area contributed by atoms with Crippen molar-refractivity contribution in [3.05, 3.63) is 26.6 Å². The Morgan fingerprint density at radius 2 is 2.09 bits per heavy atom. The molecule has 8 heteroatoms. The van der Waals surface area contributed by atoms with Gasteiger partial charge in [-0.15, -0.1) is 11.3 Å². The maximum atomic E-state index is 12.8. The standard InChI is InChI=1S/C15H16N4OS3/c1-7(2)11-16-15(23-18-11)22-14-17-12-10(13(20)19(14)3)8-5-4-6-9(8)21-12/h7H,4-6H2,1-3H3. The minimum absolute atomic E-state index is 0.0606. The molecule has 3 aromatic heterocycles. The topological polar surface area (TPSA) is 60.7 Å². The van der Waals surface area contributed by atoms with Crippen LogP contribution in [0.25, 0.3) is 10.2 Å². The quantitative estimate of drug-likeness (QED) is 0.665. The summed E-state index contributed by atoms with van der Waals surface area (Å²) in [7, 11) is 1.79. The monoisotopic (exact) mass is 364 g/mol. The molecule has 0 N–H and O–H groups in total. The molecule has 3 heterocycles. The van der Waals surface area contributed by atoms with Crippen molar-refractivity contribution in [3.8, 4) is 0 Å². The summed E-state index contributed by atoms with van der Waals surface area (Å²) in [4.78, 5) is 24.2. The minimum Gasteiger partial charge on any atom is -0.290 e. The van der Waals surface area contributed by atoms with E-state index in [0.717, 1.165) is 39.6 Å². The largest absolute Gasteiger partial charge is 0.290 e. The zero-order valence-corrected chi connectivity index (χ0v) is 15.6. The maximum absolute atomic E-state index is 12.8. The Balaban J connectivity index is 1.78. The molecule has 0 saturated carbocycles. The fourth-order valence-corrected chi connectivity index (χ4v) is 5.77. The number of aryl methyl sites for hydroxylation is 2. The first-order chi connectivity index (χ1) is 11.0. The van der Waals surface area contributed by atoms with Crippen LogP contribution in [-0.4, -0.2) is 18.9 Å². The van der Waals surface area contributed by atoms with Gasteiger partial charge in [0.25, 0.3) is 5.56 Å². The van der Waals surface area contributed by atoms with Crippen molar-refractivity contribution in [2.75, 3.05) is 0 Å². The molecular formula is C15H16N4OS3. The number of hydrogen-bond acceptors (Lipinski definition) is 7. The van der Waals surface area contributed by atoms with Crippen molar-refractivity contribution in [1.29, 1.82) is 0 Å². The van der Waals surface area contributed by atoms with Gasteiger partial charge in [-0.25, -0.2) is 9.97 Å². The van der Waals surface area contributed by atoms with E-state index in [1.54, 1.807) is 23.0 Å². The van der Waals surface area contributed by atoms with E-state index >= 15 is 0 Å². The lowest BCUT2D eigenvalue weighted by Crippen LogP contribution is -2.19. The summed E-state index contributed by atoms with van der Waals surface area (Å²) in [5.41, 5.74) is 1.29. The van der Waals surface area contributed by atoms with Crippen molar-refractivity contribution >= 4 is 44.8 Å². The van der Waals surface area contributed by atoms with Crippen molar-refractivity contribution in [1.82, 2.24) is 18.9 Å². The minimum atomic E-state index is 0.0606. The number of thiophene rings is 1. The molecule has 120 valence electrons. The Kier molecular flexibility index (Phi) is 3.78. The molecule has 0 bridgehead atoms. The molecule has 3 aromatic rings. The van der Waals surface area contributed by atoms with Gasteiger partial charge in [0, 0.05) is 17.8 Å². The summed E-state index contributed by atoms with van der Waals surface area (Å²) in [6, 6.07) is 0. The fourth-order valence-electron chi connectivity index (χ4n) is 2.77. The third kappa shape index (κ3) is 2.53. The van der Waals surface area contributed by atoms with Crippen LogP contribution in [-0.2, 0) is 19.9 Å². The van der Waals surface area contributed by atoms with Gasteiger partial charge in [-0.05, 0) is 48.1 Å². The zero-order valence-electron chi connectivity index (χ0n) is 13.1. The van der Waals surface area contributed by atoms with Crippen LogP contribution in [0.1, 0.15) is 42.5 Å². The Labute approximate surface area is 146 Å². The maximum Gasteiger partial charge on any atom is 0.262 e. The second-order valence-electron chi connectivity index (χ2n) is 5.97. The highest BCUT2D eigenvalue weighted by molar-refractivity contribution is 8.00. The number of nitrogens with zero attached hydrogens (tertiary/aromatic N) is 4. The van der Waals surface area contributed by atoms with Crippen LogP contribution < -0.4 is 5.56 Å². The Morgan fingerprint density at radius 1 is 1.26 bits per heavy atom. The number of fused-ring (bicyclic) bond motifs is 3. The van der Waals surface area contributed by atoms with Gasteiger partial charge in [-0.1, -0.05) is 13.8 Å². The van der Waals surface area contributed by atoms with Gasteiger partial charge >= 0.3 is 0 Å². The SMILES string of the molecule is CC(C)c1nsc(Sc2nc3sc4c(c3c(=O)n2C)CCC4)n1. The molecule has 0 aliphatic heterocycles. The summed E-state index contributed by atoms with van der Waals surface area (Å²) in [6.07, 6.45) is 3.24. The Morgan fingerprint density at radius 3 is 2.83 bits per heavy atom. The molecule has 0 amide bonds. The van der Waals surface area contributed by atoms with Crippen molar-refractivity contribution < 1.29 is 0 Å². The van der Waals surface area contributed by atoms with Crippen LogP contribution in [0, 0.1) is 0 Å². The molecule has 0 fully saturated rings. The molecule has 0 spiro atoms. The highest BCUT2D eigenvalue weighted by Gasteiger charge is 2.23. The molecule has 23 heavy (non-hydrogen) atoms. The van der Waals surface area contributed by atoms with Gasteiger partial charge < -0.3 is 0 Å². The summed E-state index contributed by atoms with van der Waals surface area (Å²) in [5.74, 6) is 1.15.